The van der Waals surface area contributed by atoms with Crippen molar-refractivity contribution in [2.75, 3.05) is 13.1 Å². The van der Waals surface area contributed by atoms with Crippen LogP contribution in [-0.4, -0.2) is 37.7 Å². The fourth-order valence-electron chi connectivity index (χ4n) is 2.29. The maximum Gasteiger partial charge on any atom is 0.245 e. The first-order valence-corrected chi connectivity index (χ1v) is 8.38. The highest BCUT2D eigenvalue weighted by atomic mass is 32.2. The van der Waals surface area contributed by atoms with Crippen LogP contribution in [-0.2, 0) is 10.0 Å². The Labute approximate surface area is 129 Å². The van der Waals surface area contributed by atoms with Gasteiger partial charge in [-0.05, 0) is 25.0 Å². The molecule has 0 aliphatic carbocycles. The number of rotatable bonds is 3. The zero-order valence-electron chi connectivity index (χ0n) is 12.1. The SMILES string of the molecule is NC(N)=NC(N)=Nc1ccccc1S(=O)(=O)N1CCCCC1. The van der Waals surface area contributed by atoms with Crippen molar-refractivity contribution in [2.24, 2.45) is 27.2 Å². The third-order valence-corrected chi connectivity index (χ3v) is 5.22. The van der Waals surface area contributed by atoms with Crippen molar-refractivity contribution in [3.63, 3.8) is 0 Å². The van der Waals surface area contributed by atoms with E-state index in [1.165, 1.54) is 10.4 Å². The molecule has 1 aliphatic heterocycles. The van der Waals surface area contributed by atoms with Gasteiger partial charge in [0.2, 0.25) is 16.0 Å². The van der Waals surface area contributed by atoms with Crippen molar-refractivity contribution >= 4 is 27.6 Å². The highest BCUT2D eigenvalue weighted by Crippen LogP contribution is 2.28. The van der Waals surface area contributed by atoms with Crippen LogP contribution in [0.4, 0.5) is 5.69 Å². The van der Waals surface area contributed by atoms with E-state index in [0.717, 1.165) is 19.3 Å². The first-order valence-electron chi connectivity index (χ1n) is 6.94. The summed E-state index contributed by atoms with van der Waals surface area (Å²) < 4.78 is 27.0. The van der Waals surface area contributed by atoms with Gasteiger partial charge in [-0.1, -0.05) is 18.6 Å². The summed E-state index contributed by atoms with van der Waals surface area (Å²) in [6, 6.07) is 6.39. The number of benzene rings is 1. The summed E-state index contributed by atoms with van der Waals surface area (Å²) in [5, 5.41) is 0. The second kappa shape index (κ2) is 6.75. The predicted octanol–water partition coefficient (Wildman–Crippen LogP) is 0.0808. The van der Waals surface area contributed by atoms with E-state index in [2.05, 4.69) is 9.98 Å². The van der Waals surface area contributed by atoms with Crippen LogP contribution in [0.2, 0.25) is 0 Å². The number of nitrogens with zero attached hydrogens (tertiary/aromatic N) is 3. The maximum absolute atomic E-state index is 12.7. The Kier molecular flexibility index (Phi) is 4.99. The molecule has 1 aromatic carbocycles. The van der Waals surface area contributed by atoms with Gasteiger partial charge in [-0.15, -0.1) is 0 Å². The predicted molar refractivity (Wildman–Crippen MR) is 86.1 cm³/mol. The summed E-state index contributed by atoms with van der Waals surface area (Å²) in [6.45, 7) is 1.04. The summed E-state index contributed by atoms with van der Waals surface area (Å²) in [5.74, 6) is -0.432. The average molecular weight is 324 g/mol. The lowest BCUT2D eigenvalue weighted by molar-refractivity contribution is 0.347. The van der Waals surface area contributed by atoms with Gasteiger partial charge in [0.25, 0.3) is 0 Å². The zero-order valence-corrected chi connectivity index (χ0v) is 13.0. The minimum absolute atomic E-state index is 0.102. The molecule has 0 saturated carbocycles. The third-order valence-electron chi connectivity index (χ3n) is 3.28. The maximum atomic E-state index is 12.7. The molecule has 8 nitrogen and oxygen atoms in total. The number of sulfonamides is 1. The quantitative estimate of drug-likeness (QED) is 0.533. The van der Waals surface area contributed by atoms with Gasteiger partial charge in [-0.3, -0.25) is 0 Å². The molecular weight excluding hydrogens is 304 g/mol. The summed E-state index contributed by atoms with van der Waals surface area (Å²) in [4.78, 5) is 7.70. The molecule has 0 radical (unpaired) electrons. The smallest absolute Gasteiger partial charge is 0.245 e. The fourth-order valence-corrected chi connectivity index (χ4v) is 3.94. The molecule has 1 fully saturated rings. The van der Waals surface area contributed by atoms with Gasteiger partial charge in [0, 0.05) is 13.1 Å². The Morgan fingerprint density at radius 3 is 2.32 bits per heavy atom. The van der Waals surface area contributed by atoms with Crippen LogP contribution in [0.1, 0.15) is 19.3 Å². The van der Waals surface area contributed by atoms with Gasteiger partial charge in [-0.25, -0.2) is 13.4 Å². The van der Waals surface area contributed by atoms with Crippen molar-refractivity contribution < 1.29 is 8.42 Å². The molecular formula is C13H20N6O2S. The van der Waals surface area contributed by atoms with Crippen LogP contribution in [0.25, 0.3) is 0 Å². The minimum atomic E-state index is -3.61. The van der Waals surface area contributed by atoms with Crippen LogP contribution in [0.3, 0.4) is 0 Å². The molecule has 0 unspecified atom stereocenters. The highest BCUT2D eigenvalue weighted by Gasteiger charge is 2.28. The Bertz CT molecular complexity index is 688. The van der Waals surface area contributed by atoms with Crippen LogP contribution in [0.5, 0.6) is 0 Å². The van der Waals surface area contributed by atoms with Crippen molar-refractivity contribution in [1.29, 1.82) is 0 Å². The highest BCUT2D eigenvalue weighted by molar-refractivity contribution is 7.89. The lowest BCUT2D eigenvalue weighted by atomic mass is 10.2. The van der Waals surface area contributed by atoms with Gasteiger partial charge < -0.3 is 17.2 Å². The number of piperidine rings is 1. The molecule has 2 rings (SSSR count). The number of guanidine groups is 2. The molecule has 1 aliphatic rings. The first-order chi connectivity index (χ1) is 10.4. The minimum Gasteiger partial charge on any atom is -0.370 e. The molecule has 0 atom stereocenters. The molecule has 0 spiro atoms. The molecule has 0 amide bonds. The normalized spacial score (nSPS) is 17.2. The van der Waals surface area contributed by atoms with Crippen LogP contribution < -0.4 is 17.2 Å². The standard InChI is InChI=1S/C13H20N6O2S/c14-12(15)18-13(16)17-10-6-2-3-7-11(10)22(20,21)19-8-4-1-5-9-19/h2-3,6-7H,1,4-5,8-9H2,(H6,14,15,16,17,18). The molecule has 0 aromatic heterocycles. The van der Waals surface area contributed by atoms with E-state index in [0.29, 0.717) is 13.1 Å². The molecule has 0 bridgehead atoms. The lowest BCUT2D eigenvalue weighted by Gasteiger charge is -2.26. The second-order valence-corrected chi connectivity index (χ2v) is 6.85. The van der Waals surface area contributed by atoms with Crippen molar-refractivity contribution in [2.45, 2.75) is 24.2 Å². The average Bonchev–Trinajstić information content (AvgIpc) is 2.47. The van der Waals surface area contributed by atoms with E-state index in [1.54, 1.807) is 18.2 Å². The Morgan fingerprint density at radius 1 is 1.05 bits per heavy atom. The Balaban J connectivity index is 2.41. The van der Waals surface area contributed by atoms with E-state index in [9.17, 15) is 8.42 Å². The molecule has 1 aromatic rings. The zero-order chi connectivity index (χ0) is 16.2. The first kappa shape index (κ1) is 16.2. The van der Waals surface area contributed by atoms with Gasteiger partial charge in [0.05, 0.1) is 5.69 Å². The van der Waals surface area contributed by atoms with Crippen molar-refractivity contribution in [1.82, 2.24) is 4.31 Å². The molecule has 1 heterocycles. The molecule has 120 valence electrons. The van der Waals surface area contributed by atoms with Gasteiger partial charge in [0.15, 0.2) is 5.96 Å². The topological polar surface area (TPSA) is 140 Å². The Morgan fingerprint density at radius 2 is 1.68 bits per heavy atom. The number of nitrogens with two attached hydrogens (primary N) is 3. The van der Waals surface area contributed by atoms with Crippen LogP contribution in [0.15, 0.2) is 39.1 Å². The van der Waals surface area contributed by atoms with Gasteiger partial charge >= 0.3 is 0 Å². The van der Waals surface area contributed by atoms with Gasteiger partial charge in [0.1, 0.15) is 4.90 Å². The lowest BCUT2D eigenvalue weighted by Crippen LogP contribution is -2.35. The van der Waals surface area contributed by atoms with Crippen molar-refractivity contribution in [3.8, 4) is 0 Å². The van der Waals surface area contributed by atoms with E-state index < -0.39 is 10.0 Å². The number of aliphatic imine (C=N–C) groups is 2. The summed E-state index contributed by atoms with van der Waals surface area (Å²) in [6.07, 6.45) is 2.77. The van der Waals surface area contributed by atoms with E-state index >= 15 is 0 Å². The molecule has 22 heavy (non-hydrogen) atoms. The summed E-state index contributed by atoms with van der Waals surface area (Å²) in [5.41, 5.74) is 16.3. The largest absolute Gasteiger partial charge is 0.370 e. The van der Waals surface area contributed by atoms with Crippen LogP contribution >= 0.6 is 0 Å². The molecule has 1 saturated heterocycles. The van der Waals surface area contributed by atoms with Crippen LogP contribution in [0, 0.1) is 0 Å². The van der Waals surface area contributed by atoms with E-state index in [4.69, 9.17) is 17.2 Å². The number of para-hydroxylation sites is 1. The second-order valence-electron chi connectivity index (χ2n) is 4.94. The molecule has 6 N–H and O–H groups in total. The van der Waals surface area contributed by atoms with Gasteiger partial charge in [-0.2, -0.15) is 9.30 Å². The molecule has 9 heteroatoms. The van der Waals surface area contributed by atoms with E-state index in [1.807, 2.05) is 0 Å². The van der Waals surface area contributed by atoms with E-state index in [-0.39, 0.29) is 22.5 Å². The fraction of sp³-hybridized carbons (Fsp3) is 0.385. The number of hydrogen-bond acceptors (Lipinski definition) is 3. The third kappa shape index (κ3) is 3.74. The monoisotopic (exact) mass is 324 g/mol. The van der Waals surface area contributed by atoms with Crippen molar-refractivity contribution in [3.05, 3.63) is 24.3 Å². The summed E-state index contributed by atoms with van der Waals surface area (Å²) >= 11 is 0. The Hall–Kier alpha value is -2.13. The summed E-state index contributed by atoms with van der Waals surface area (Å²) in [7, 11) is -3.61. The number of hydrogen-bond donors (Lipinski definition) is 3.